The van der Waals surface area contributed by atoms with Crippen molar-refractivity contribution in [3.63, 3.8) is 0 Å². The Morgan fingerprint density at radius 3 is 3.05 bits per heavy atom. The summed E-state index contributed by atoms with van der Waals surface area (Å²) in [7, 11) is 0. The Hall–Kier alpha value is -1.17. The number of halogens is 1. The standard InChI is InChI=1S/C14H15BrN2O2/c15-11-2-3-12(10(6-11)8-18)14(19)4-1-5-17-9-16-7-13(14)17/h2-3,6-7,9,18-19H,1,4-5,8H2. The number of hydrogen-bond donors (Lipinski definition) is 2. The van der Waals surface area contributed by atoms with Crippen molar-refractivity contribution in [2.24, 2.45) is 0 Å². The van der Waals surface area contributed by atoms with Crippen LogP contribution >= 0.6 is 15.9 Å². The number of hydrogen-bond acceptors (Lipinski definition) is 3. The van der Waals surface area contributed by atoms with Crippen molar-refractivity contribution >= 4 is 15.9 Å². The topological polar surface area (TPSA) is 58.3 Å². The molecule has 0 spiro atoms. The number of rotatable bonds is 2. The van der Waals surface area contributed by atoms with E-state index in [1.54, 1.807) is 12.5 Å². The molecular weight excluding hydrogens is 308 g/mol. The maximum absolute atomic E-state index is 11.1. The lowest BCUT2D eigenvalue weighted by atomic mass is 9.82. The highest BCUT2D eigenvalue weighted by molar-refractivity contribution is 9.10. The lowest BCUT2D eigenvalue weighted by Gasteiger charge is -2.35. The van der Waals surface area contributed by atoms with E-state index in [0.717, 1.165) is 34.3 Å². The van der Waals surface area contributed by atoms with Crippen LogP contribution < -0.4 is 0 Å². The van der Waals surface area contributed by atoms with Gasteiger partial charge in [-0.3, -0.25) is 0 Å². The molecule has 5 heteroatoms. The van der Waals surface area contributed by atoms with E-state index in [0.29, 0.717) is 6.42 Å². The van der Waals surface area contributed by atoms with Crippen molar-refractivity contribution in [1.29, 1.82) is 0 Å². The van der Waals surface area contributed by atoms with E-state index in [-0.39, 0.29) is 6.61 Å². The maximum atomic E-state index is 11.1. The highest BCUT2D eigenvalue weighted by Crippen LogP contribution is 2.39. The first-order valence-electron chi connectivity index (χ1n) is 6.28. The molecule has 0 fully saturated rings. The van der Waals surface area contributed by atoms with Gasteiger partial charge in [0.15, 0.2) is 0 Å². The predicted molar refractivity (Wildman–Crippen MR) is 74.5 cm³/mol. The summed E-state index contributed by atoms with van der Waals surface area (Å²) in [5.74, 6) is 0. The van der Waals surface area contributed by atoms with Crippen LogP contribution in [-0.2, 0) is 18.8 Å². The van der Waals surface area contributed by atoms with E-state index in [2.05, 4.69) is 20.9 Å². The van der Waals surface area contributed by atoms with Crippen LogP contribution in [-0.4, -0.2) is 19.8 Å². The van der Waals surface area contributed by atoms with Gasteiger partial charge in [-0.1, -0.05) is 22.0 Å². The van der Waals surface area contributed by atoms with Gasteiger partial charge in [0, 0.05) is 11.0 Å². The molecule has 4 nitrogen and oxygen atoms in total. The molecule has 19 heavy (non-hydrogen) atoms. The zero-order valence-corrected chi connectivity index (χ0v) is 12.0. The summed E-state index contributed by atoms with van der Waals surface area (Å²) in [5, 5.41) is 20.6. The van der Waals surface area contributed by atoms with Crippen LogP contribution in [0.4, 0.5) is 0 Å². The number of nitrogens with zero attached hydrogens (tertiary/aromatic N) is 2. The molecule has 2 N–H and O–H groups in total. The summed E-state index contributed by atoms with van der Waals surface area (Å²) < 4.78 is 2.88. The van der Waals surface area contributed by atoms with Crippen LogP contribution in [0.5, 0.6) is 0 Å². The van der Waals surface area contributed by atoms with Crippen molar-refractivity contribution in [3.8, 4) is 0 Å². The number of aliphatic hydroxyl groups excluding tert-OH is 1. The second-order valence-electron chi connectivity index (χ2n) is 4.90. The van der Waals surface area contributed by atoms with Gasteiger partial charge in [0.2, 0.25) is 0 Å². The Morgan fingerprint density at radius 1 is 1.42 bits per heavy atom. The van der Waals surface area contributed by atoms with Gasteiger partial charge in [-0.05, 0) is 36.1 Å². The highest BCUT2D eigenvalue weighted by Gasteiger charge is 2.38. The van der Waals surface area contributed by atoms with Gasteiger partial charge in [-0.25, -0.2) is 4.98 Å². The van der Waals surface area contributed by atoms with Crippen LogP contribution in [0.1, 0.15) is 29.7 Å². The molecule has 0 saturated carbocycles. The quantitative estimate of drug-likeness (QED) is 0.890. The van der Waals surface area contributed by atoms with E-state index in [4.69, 9.17) is 0 Å². The van der Waals surface area contributed by atoms with Gasteiger partial charge in [0.05, 0.1) is 24.8 Å². The third-order valence-corrected chi connectivity index (χ3v) is 4.25. The summed E-state index contributed by atoms with van der Waals surface area (Å²) in [6.07, 6.45) is 4.99. The fraction of sp³-hybridized carbons (Fsp3) is 0.357. The molecule has 0 saturated heterocycles. The van der Waals surface area contributed by atoms with Crippen LogP contribution in [0, 0.1) is 0 Å². The highest BCUT2D eigenvalue weighted by atomic mass is 79.9. The second-order valence-corrected chi connectivity index (χ2v) is 5.81. The molecular formula is C14H15BrN2O2. The minimum atomic E-state index is -1.06. The third kappa shape index (κ3) is 2.02. The molecule has 2 heterocycles. The van der Waals surface area contributed by atoms with Crippen molar-refractivity contribution in [2.45, 2.75) is 31.6 Å². The summed E-state index contributed by atoms with van der Waals surface area (Å²) in [6, 6.07) is 5.61. The number of aliphatic hydroxyl groups is 2. The summed E-state index contributed by atoms with van der Waals surface area (Å²) in [5.41, 5.74) is 1.25. The van der Waals surface area contributed by atoms with E-state index in [1.165, 1.54) is 0 Å². The molecule has 1 unspecified atom stereocenters. The van der Waals surface area contributed by atoms with Crippen molar-refractivity contribution < 1.29 is 10.2 Å². The first-order valence-corrected chi connectivity index (χ1v) is 7.07. The molecule has 1 aromatic heterocycles. The summed E-state index contributed by atoms with van der Waals surface area (Å²) in [6.45, 7) is 0.786. The third-order valence-electron chi connectivity index (χ3n) is 3.76. The number of fused-ring (bicyclic) bond motifs is 1. The molecule has 0 aliphatic carbocycles. The molecule has 0 bridgehead atoms. The first kappa shape index (κ1) is 12.8. The molecule has 1 aromatic carbocycles. The van der Waals surface area contributed by atoms with Crippen molar-refractivity contribution in [3.05, 3.63) is 52.0 Å². The predicted octanol–water partition coefficient (Wildman–Crippen LogP) is 2.17. The number of imidazole rings is 1. The monoisotopic (exact) mass is 322 g/mol. The van der Waals surface area contributed by atoms with Gasteiger partial charge < -0.3 is 14.8 Å². The number of aromatic nitrogens is 2. The molecule has 1 atom stereocenters. The van der Waals surface area contributed by atoms with Gasteiger partial charge in [-0.15, -0.1) is 0 Å². The molecule has 100 valence electrons. The first-order chi connectivity index (χ1) is 9.15. The zero-order valence-electron chi connectivity index (χ0n) is 10.4. The Balaban J connectivity index is 2.17. The lowest BCUT2D eigenvalue weighted by molar-refractivity contribution is 0.0448. The Morgan fingerprint density at radius 2 is 2.26 bits per heavy atom. The number of aryl methyl sites for hydroxylation is 1. The largest absolute Gasteiger partial charge is 0.392 e. The molecule has 1 aliphatic heterocycles. The molecule has 0 radical (unpaired) electrons. The average molecular weight is 323 g/mol. The normalized spacial score (nSPS) is 22.3. The fourth-order valence-electron chi connectivity index (χ4n) is 2.85. The Kier molecular flexibility index (Phi) is 3.20. The fourth-order valence-corrected chi connectivity index (χ4v) is 3.25. The lowest BCUT2D eigenvalue weighted by Crippen LogP contribution is -2.35. The van der Waals surface area contributed by atoms with Crippen molar-refractivity contribution in [1.82, 2.24) is 9.55 Å². The maximum Gasteiger partial charge on any atom is 0.131 e. The van der Waals surface area contributed by atoms with Gasteiger partial charge >= 0.3 is 0 Å². The SMILES string of the molecule is OCc1cc(Br)ccc1C1(O)CCCn2cncc21. The van der Waals surface area contributed by atoms with Gasteiger partial charge in [0.25, 0.3) is 0 Å². The van der Waals surface area contributed by atoms with E-state index < -0.39 is 5.60 Å². The Labute approximate surface area is 119 Å². The smallest absolute Gasteiger partial charge is 0.131 e. The molecule has 3 rings (SSSR count). The van der Waals surface area contributed by atoms with Crippen LogP contribution in [0.15, 0.2) is 35.2 Å². The average Bonchev–Trinajstić information content (AvgIpc) is 2.88. The van der Waals surface area contributed by atoms with Crippen molar-refractivity contribution in [2.75, 3.05) is 0 Å². The molecule has 1 aliphatic rings. The minimum Gasteiger partial charge on any atom is -0.392 e. The summed E-state index contributed by atoms with van der Waals surface area (Å²) in [4.78, 5) is 4.13. The van der Waals surface area contributed by atoms with Crippen LogP contribution in [0.25, 0.3) is 0 Å². The second kappa shape index (κ2) is 4.74. The van der Waals surface area contributed by atoms with E-state index >= 15 is 0 Å². The zero-order chi connectivity index (χ0) is 13.5. The van der Waals surface area contributed by atoms with E-state index in [1.807, 2.05) is 22.8 Å². The molecule has 0 amide bonds. The Bertz CT molecular complexity index is 611. The van der Waals surface area contributed by atoms with Gasteiger partial charge in [-0.2, -0.15) is 0 Å². The van der Waals surface area contributed by atoms with Crippen LogP contribution in [0.2, 0.25) is 0 Å². The minimum absolute atomic E-state index is 0.0920. The van der Waals surface area contributed by atoms with Crippen LogP contribution in [0.3, 0.4) is 0 Å². The van der Waals surface area contributed by atoms with Gasteiger partial charge in [0.1, 0.15) is 5.60 Å². The molecule has 2 aromatic rings. The van der Waals surface area contributed by atoms with E-state index in [9.17, 15) is 10.2 Å². The summed E-state index contributed by atoms with van der Waals surface area (Å²) >= 11 is 3.39. The number of benzene rings is 1.